The summed E-state index contributed by atoms with van der Waals surface area (Å²) in [5, 5.41) is 0. The van der Waals surface area contributed by atoms with Gasteiger partial charge in [-0.25, -0.2) is 0 Å². The standard InChI is InChI=1S/C8H10O2/c1-10-8-6-4-2-3-5-7(8)9/h2,4,6H,3,5H2,1H3. The molecular formula is C8H10O2. The SMILES string of the molecule is COC1=CC=CCCC1=O. The molecule has 0 N–H and O–H groups in total. The highest BCUT2D eigenvalue weighted by atomic mass is 16.5. The van der Waals surface area contributed by atoms with Gasteiger partial charge in [0.1, 0.15) is 0 Å². The molecule has 0 spiro atoms. The second-order valence-electron chi connectivity index (χ2n) is 2.13. The Morgan fingerprint density at radius 2 is 2.40 bits per heavy atom. The summed E-state index contributed by atoms with van der Waals surface area (Å²) in [4.78, 5) is 11.0. The van der Waals surface area contributed by atoms with E-state index < -0.39 is 0 Å². The Kier molecular flexibility index (Phi) is 2.26. The van der Waals surface area contributed by atoms with Gasteiger partial charge in [0.15, 0.2) is 11.5 Å². The molecule has 10 heavy (non-hydrogen) atoms. The second kappa shape index (κ2) is 3.20. The highest BCUT2D eigenvalue weighted by molar-refractivity contribution is 5.94. The Morgan fingerprint density at radius 3 is 3.10 bits per heavy atom. The number of ketones is 1. The van der Waals surface area contributed by atoms with E-state index in [-0.39, 0.29) is 5.78 Å². The van der Waals surface area contributed by atoms with Crippen LogP contribution in [0.3, 0.4) is 0 Å². The molecule has 0 radical (unpaired) electrons. The molecule has 2 heteroatoms. The van der Waals surface area contributed by atoms with Gasteiger partial charge in [-0.15, -0.1) is 0 Å². The van der Waals surface area contributed by atoms with Gasteiger partial charge in [-0.1, -0.05) is 12.2 Å². The van der Waals surface area contributed by atoms with Gasteiger partial charge in [-0.2, -0.15) is 0 Å². The topological polar surface area (TPSA) is 26.3 Å². The quantitative estimate of drug-likeness (QED) is 0.548. The molecule has 54 valence electrons. The van der Waals surface area contributed by atoms with Gasteiger partial charge in [0, 0.05) is 6.42 Å². The molecule has 0 atom stereocenters. The summed E-state index contributed by atoms with van der Waals surface area (Å²) < 4.78 is 4.84. The summed E-state index contributed by atoms with van der Waals surface area (Å²) >= 11 is 0. The van der Waals surface area contributed by atoms with Crippen LogP contribution in [-0.4, -0.2) is 12.9 Å². The molecule has 2 nitrogen and oxygen atoms in total. The van der Waals surface area contributed by atoms with Crippen LogP contribution in [0.1, 0.15) is 12.8 Å². The van der Waals surface area contributed by atoms with Crippen molar-refractivity contribution in [1.82, 2.24) is 0 Å². The molecule has 1 aliphatic carbocycles. The third-order valence-corrected chi connectivity index (χ3v) is 1.42. The first-order valence-electron chi connectivity index (χ1n) is 3.28. The largest absolute Gasteiger partial charge is 0.493 e. The number of Topliss-reactive ketones (excluding diaryl/α,β-unsaturated/α-hetero) is 1. The summed E-state index contributed by atoms with van der Waals surface area (Å²) in [6.45, 7) is 0. The molecule has 0 aromatic carbocycles. The van der Waals surface area contributed by atoms with E-state index in [9.17, 15) is 4.79 Å². The Labute approximate surface area is 60.2 Å². The molecule has 1 aliphatic rings. The lowest BCUT2D eigenvalue weighted by molar-refractivity contribution is -0.118. The van der Waals surface area contributed by atoms with Crippen LogP contribution in [0.25, 0.3) is 0 Å². The predicted octanol–water partition coefficient (Wildman–Crippen LogP) is 1.44. The van der Waals surface area contributed by atoms with E-state index in [1.165, 1.54) is 7.11 Å². The number of hydrogen-bond acceptors (Lipinski definition) is 2. The molecule has 0 aromatic rings. The van der Waals surface area contributed by atoms with Crippen molar-refractivity contribution in [3.63, 3.8) is 0 Å². The smallest absolute Gasteiger partial charge is 0.197 e. The molecule has 0 aromatic heterocycles. The first-order chi connectivity index (χ1) is 4.84. The van der Waals surface area contributed by atoms with Crippen molar-refractivity contribution in [2.75, 3.05) is 7.11 Å². The molecule has 0 unspecified atom stereocenters. The van der Waals surface area contributed by atoms with Gasteiger partial charge < -0.3 is 4.74 Å². The van der Waals surface area contributed by atoms with Gasteiger partial charge in [0.25, 0.3) is 0 Å². The highest BCUT2D eigenvalue weighted by Gasteiger charge is 2.08. The maximum absolute atomic E-state index is 11.0. The molecule has 0 bridgehead atoms. The highest BCUT2D eigenvalue weighted by Crippen LogP contribution is 2.08. The fourth-order valence-electron chi connectivity index (χ4n) is 0.864. The summed E-state index contributed by atoms with van der Waals surface area (Å²) in [5.74, 6) is 0.557. The number of carbonyl (C=O) groups is 1. The third kappa shape index (κ3) is 1.47. The summed E-state index contributed by atoms with van der Waals surface area (Å²) in [5.41, 5.74) is 0. The lowest BCUT2D eigenvalue weighted by Gasteiger charge is -1.99. The number of hydrogen-bond donors (Lipinski definition) is 0. The predicted molar refractivity (Wildman–Crippen MR) is 38.5 cm³/mol. The minimum atomic E-state index is 0.0903. The molecule has 0 saturated heterocycles. The zero-order valence-corrected chi connectivity index (χ0v) is 5.96. The normalized spacial score (nSPS) is 18.1. The lowest BCUT2D eigenvalue weighted by atomic mass is 10.2. The zero-order valence-electron chi connectivity index (χ0n) is 5.96. The van der Waals surface area contributed by atoms with Crippen molar-refractivity contribution in [3.8, 4) is 0 Å². The molecule has 0 fully saturated rings. The average Bonchev–Trinajstić information content (AvgIpc) is 2.13. The molecule has 1 rings (SSSR count). The molecule has 0 heterocycles. The minimum absolute atomic E-state index is 0.0903. The first kappa shape index (κ1) is 7.06. The van der Waals surface area contributed by atoms with Crippen LogP contribution in [0.4, 0.5) is 0 Å². The van der Waals surface area contributed by atoms with Gasteiger partial charge in [0.05, 0.1) is 7.11 Å². The van der Waals surface area contributed by atoms with E-state index in [0.717, 1.165) is 6.42 Å². The van der Waals surface area contributed by atoms with Gasteiger partial charge in [-0.05, 0) is 12.5 Å². The Bertz CT molecular complexity index is 189. The van der Waals surface area contributed by atoms with Crippen LogP contribution < -0.4 is 0 Å². The van der Waals surface area contributed by atoms with Crippen molar-refractivity contribution in [2.45, 2.75) is 12.8 Å². The van der Waals surface area contributed by atoms with Crippen LogP contribution in [0.5, 0.6) is 0 Å². The van der Waals surface area contributed by atoms with Crippen molar-refractivity contribution < 1.29 is 9.53 Å². The third-order valence-electron chi connectivity index (χ3n) is 1.42. The maximum Gasteiger partial charge on any atom is 0.197 e. The Balaban J connectivity index is 2.73. The van der Waals surface area contributed by atoms with Crippen LogP contribution in [-0.2, 0) is 9.53 Å². The van der Waals surface area contributed by atoms with Crippen molar-refractivity contribution in [1.29, 1.82) is 0 Å². The monoisotopic (exact) mass is 138 g/mol. The summed E-state index contributed by atoms with van der Waals surface area (Å²) in [7, 11) is 1.52. The van der Waals surface area contributed by atoms with E-state index in [4.69, 9.17) is 4.74 Å². The molecular weight excluding hydrogens is 128 g/mol. The number of allylic oxidation sites excluding steroid dienone is 4. The molecule has 0 aliphatic heterocycles. The van der Waals surface area contributed by atoms with Crippen LogP contribution in [0.15, 0.2) is 24.0 Å². The van der Waals surface area contributed by atoms with Crippen molar-refractivity contribution in [2.24, 2.45) is 0 Å². The van der Waals surface area contributed by atoms with Gasteiger partial charge >= 0.3 is 0 Å². The Morgan fingerprint density at radius 1 is 1.60 bits per heavy atom. The fourth-order valence-corrected chi connectivity index (χ4v) is 0.864. The van der Waals surface area contributed by atoms with Gasteiger partial charge in [0.2, 0.25) is 0 Å². The second-order valence-corrected chi connectivity index (χ2v) is 2.13. The Hall–Kier alpha value is -1.05. The number of rotatable bonds is 1. The lowest BCUT2D eigenvalue weighted by Crippen LogP contribution is -2.01. The van der Waals surface area contributed by atoms with Crippen molar-refractivity contribution in [3.05, 3.63) is 24.0 Å². The summed E-state index contributed by atoms with van der Waals surface area (Å²) in [6, 6.07) is 0. The van der Waals surface area contributed by atoms with Crippen LogP contribution in [0.2, 0.25) is 0 Å². The van der Waals surface area contributed by atoms with E-state index in [1.807, 2.05) is 12.2 Å². The number of methoxy groups -OCH3 is 1. The van der Waals surface area contributed by atoms with E-state index >= 15 is 0 Å². The first-order valence-corrected chi connectivity index (χ1v) is 3.28. The maximum atomic E-state index is 11.0. The van der Waals surface area contributed by atoms with Crippen LogP contribution in [0, 0.1) is 0 Å². The number of carbonyl (C=O) groups excluding carboxylic acids is 1. The van der Waals surface area contributed by atoms with E-state index in [1.54, 1.807) is 6.08 Å². The summed E-state index contributed by atoms with van der Waals surface area (Å²) in [6.07, 6.45) is 6.90. The van der Waals surface area contributed by atoms with E-state index in [0.29, 0.717) is 12.2 Å². The zero-order chi connectivity index (χ0) is 7.40. The molecule has 0 amide bonds. The van der Waals surface area contributed by atoms with Gasteiger partial charge in [-0.3, -0.25) is 4.79 Å². The minimum Gasteiger partial charge on any atom is -0.493 e. The fraction of sp³-hybridized carbons (Fsp3) is 0.375. The van der Waals surface area contributed by atoms with Crippen molar-refractivity contribution >= 4 is 5.78 Å². The van der Waals surface area contributed by atoms with Crippen LogP contribution >= 0.6 is 0 Å². The number of ether oxygens (including phenoxy) is 1. The average molecular weight is 138 g/mol. The van der Waals surface area contributed by atoms with E-state index in [2.05, 4.69) is 0 Å². The molecule has 0 saturated carbocycles.